The molecule has 0 atom stereocenters. The number of likely N-dealkylation sites (tertiary alicyclic amines) is 1. The summed E-state index contributed by atoms with van der Waals surface area (Å²) in [4.78, 5) is 13.7. The van der Waals surface area contributed by atoms with Crippen molar-refractivity contribution in [1.29, 1.82) is 0 Å². The molecule has 0 radical (unpaired) electrons. The smallest absolute Gasteiger partial charge is 0.246 e. The van der Waals surface area contributed by atoms with Crippen molar-refractivity contribution in [3.05, 3.63) is 12.2 Å². The van der Waals surface area contributed by atoms with E-state index in [-0.39, 0.29) is 5.91 Å². The first kappa shape index (κ1) is 13.2. The van der Waals surface area contributed by atoms with Gasteiger partial charge in [0.15, 0.2) is 0 Å². The van der Waals surface area contributed by atoms with E-state index in [9.17, 15) is 4.79 Å². The molecule has 1 aliphatic heterocycles. The zero-order valence-electron chi connectivity index (χ0n) is 10.4. The Labute approximate surface area is 98.9 Å². The second-order valence-corrected chi connectivity index (χ2v) is 4.65. The minimum atomic E-state index is -0.0177. The molecule has 1 heterocycles. The van der Waals surface area contributed by atoms with Gasteiger partial charge in [-0.25, -0.2) is 0 Å². The van der Waals surface area contributed by atoms with Gasteiger partial charge in [-0.05, 0) is 45.8 Å². The molecule has 0 aromatic carbocycles. The summed E-state index contributed by atoms with van der Waals surface area (Å²) in [5.41, 5.74) is 0.592. The van der Waals surface area contributed by atoms with Crippen LogP contribution in [0, 0.1) is 0 Å². The standard InChI is InChI=1S/C13H24N2O/c1-12(2)13(16)14-8-7-11-15-9-5-3-4-6-10-15/h1,3-11H2,2H3,(H,14,16). The van der Waals surface area contributed by atoms with Gasteiger partial charge in [-0.1, -0.05) is 19.4 Å². The number of amides is 1. The topological polar surface area (TPSA) is 32.3 Å². The lowest BCUT2D eigenvalue weighted by atomic mass is 10.2. The van der Waals surface area contributed by atoms with Gasteiger partial charge in [-0.15, -0.1) is 0 Å². The maximum absolute atomic E-state index is 11.2. The van der Waals surface area contributed by atoms with Crippen LogP contribution in [-0.4, -0.2) is 37.0 Å². The van der Waals surface area contributed by atoms with Crippen LogP contribution in [0.3, 0.4) is 0 Å². The second-order valence-electron chi connectivity index (χ2n) is 4.65. The van der Waals surface area contributed by atoms with E-state index in [0.29, 0.717) is 5.57 Å². The quantitative estimate of drug-likeness (QED) is 0.572. The third-order valence-electron chi connectivity index (χ3n) is 3.02. The zero-order chi connectivity index (χ0) is 11.8. The van der Waals surface area contributed by atoms with E-state index in [0.717, 1.165) is 19.5 Å². The maximum Gasteiger partial charge on any atom is 0.246 e. The minimum Gasteiger partial charge on any atom is -0.352 e. The van der Waals surface area contributed by atoms with Crippen LogP contribution in [0.15, 0.2) is 12.2 Å². The molecule has 16 heavy (non-hydrogen) atoms. The highest BCUT2D eigenvalue weighted by Gasteiger charge is 2.08. The van der Waals surface area contributed by atoms with Gasteiger partial charge in [0.1, 0.15) is 0 Å². The van der Waals surface area contributed by atoms with E-state index in [4.69, 9.17) is 0 Å². The summed E-state index contributed by atoms with van der Waals surface area (Å²) < 4.78 is 0. The Kier molecular flexibility index (Phi) is 6.16. The SMILES string of the molecule is C=C(C)C(=O)NCCCN1CCCCCC1. The van der Waals surface area contributed by atoms with Crippen molar-refractivity contribution in [3.8, 4) is 0 Å². The maximum atomic E-state index is 11.2. The van der Waals surface area contributed by atoms with E-state index >= 15 is 0 Å². The Bertz CT molecular complexity index is 230. The molecule has 92 valence electrons. The van der Waals surface area contributed by atoms with Crippen LogP contribution >= 0.6 is 0 Å². The Morgan fingerprint density at radius 3 is 2.44 bits per heavy atom. The normalized spacial score (nSPS) is 17.8. The average molecular weight is 224 g/mol. The van der Waals surface area contributed by atoms with Crippen molar-refractivity contribution < 1.29 is 4.79 Å². The molecule has 1 amide bonds. The largest absolute Gasteiger partial charge is 0.352 e. The predicted molar refractivity (Wildman–Crippen MR) is 67.3 cm³/mol. The summed E-state index contributed by atoms with van der Waals surface area (Å²) in [6.45, 7) is 9.69. The van der Waals surface area contributed by atoms with Crippen LogP contribution in [0.1, 0.15) is 39.0 Å². The molecule has 0 aromatic heterocycles. The van der Waals surface area contributed by atoms with Crippen LogP contribution in [0.5, 0.6) is 0 Å². The highest BCUT2D eigenvalue weighted by molar-refractivity contribution is 5.91. The summed E-state index contributed by atoms with van der Waals surface area (Å²) in [6, 6.07) is 0. The van der Waals surface area contributed by atoms with Crippen molar-refractivity contribution in [2.75, 3.05) is 26.2 Å². The lowest BCUT2D eigenvalue weighted by Gasteiger charge is -2.19. The van der Waals surface area contributed by atoms with Crippen molar-refractivity contribution in [3.63, 3.8) is 0 Å². The number of hydrogen-bond acceptors (Lipinski definition) is 2. The van der Waals surface area contributed by atoms with Gasteiger partial charge in [0, 0.05) is 12.1 Å². The first-order valence-corrected chi connectivity index (χ1v) is 6.36. The monoisotopic (exact) mass is 224 g/mol. The van der Waals surface area contributed by atoms with E-state index in [1.807, 2.05) is 0 Å². The second kappa shape index (κ2) is 7.44. The number of nitrogens with zero attached hydrogens (tertiary/aromatic N) is 1. The Morgan fingerprint density at radius 1 is 1.25 bits per heavy atom. The molecule has 0 bridgehead atoms. The highest BCUT2D eigenvalue weighted by atomic mass is 16.1. The number of nitrogens with one attached hydrogen (secondary N) is 1. The summed E-state index contributed by atoms with van der Waals surface area (Å²) in [7, 11) is 0. The fourth-order valence-corrected chi connectivity index (χ4v) is 2.02. The molecule has 0 unspecified atom stereocenters. The molecular formula is C13H24N2O. The fourth-order valence-electron chi connectivity index (χ4n) is 2.02. The molecule has 3 heteroatoms. The molecule has 1 N–H and O–H groups in total. The van der Waals surface area contributed by atoms with E-state index in [1.165, 1.54) is 38.8 Å². The van der Waals surface area contributed by atoms with E-state index in [1.54, 1.807) is 6.92 Å². The molecule has 1 saturated heterocycles. The van der Waals surface area contributed by atoms with Gasteiger partial charge in [0.25, 0.3) is 0 Å². The molecule has 1 rings (SSSR count). The predicted octanol–water partition coefficient (Wildman–Crippen LogP) is 1.94. The first-order valence-electron chi connectivity index (χ1n) is 6.36. The number of carbonyl (C=O) groups is 1. The van der Waals surface area contributed by atoms with Crippen molar-refractivity contribution in [2.24, 2.45) is 0 Å². The van der Waals surface area contributed by atoms with Gasteiger partial charge in [0.05, 0.1) is 0 Å². The van der Waals surface area contributed by atoms with Gasteiger partial charge in [-0.3, -0.25) is 4.79 Å². The van der Waals surface area contributed by atoms with Crippen LogP contribution in [0.2, 0.25) is 0 Å². The zero-order valence-corrected chi connectivity index (χ0v) is 10.4. The first-order chi connectivity index (χ1) is 7.70. The molecule has 0 saturated carbocycles. The Morgan fingerprint density at radius 2 is 1.88 bits per heavy atom. The number of carbonyl (C=O) groups excluding carboxylic acids is 1. The van der Waals surface area contributed by atoms with Gasteiger partial charge >= 0.3 is 0 Å². The molecule has 1 aliphatic rings. The molecule has 0 spiro atoms. The molecule has 1 fully saturated rings. The lowest BCUT2D eigenvalue weighted by molar-refractivity contribution is -0.117. The third kappa shape index (κ3) is 5.31. The summed E-state index contributed by atoms with van der Waals surface area (Å²) in [5, 5.41) is 2.87. The van der Waals surface area contributed by atoms with Gasteiger partial charge in [0.2, 0.25) is 5.91 Å². The molecule has 0 aliphatic carbocycles. The van der Waals surface area contributed by atoms with Crippen LogP contribution < -0.4 is 5.32 Å². The summed E-state index contributed by atoms with van der Waals surface area (Å²) in [6.07, 6.45) is 6.46. The minimum absolute atomic E-state index is 0.0177. The third-order valence-corrected chi connectivity index (χ3v) is 3.02. The van der Waals surface area contributed by atoms with Crippen LogP contribution in [0.4, 0.5) is 0 Å². The Balaban J connectivity index is 2.05. The highest BCUT2D eigenvalue weighted by Crippen LogP contribution is 2.09. The summed E-state index contributed by atoms with van der Waals surface area (Å²) >= 11 is 0. The summed E-state index contributed by atoms with van der Waals surface area (Å²) in [5.74, 6) is -0.0177. The Hall–Kier alpha value is -0.830. The molecular weight excluding hydrogens is 200 g/mol. The average Bonchev–Trinajstić information content (AvgIpc) is 2.52. The van der Waals surface area contributed by atoms with Crippen LogP contribution in [0.25, 0.3) is 0 Å². The lowest BCUT2D eigenvalue weighted by Crippen LogP contribution is -2.30. The van der Waals surface area contributed by atoms with Gasteiger partial charge < -0.3 is 10.2 Å². The van der Waals surface area contributed by atoms with Gasteiger partial charge in [-0.2, -0.15) is 0 Å². The van der Waals surface area contributed by atoms with Crippen molar-refractivity contribution in [2.45, 2.75) is 39.0 Å². The van der Waals surface area contributed by atoms with E-state index in [2.05, 4.69) is 16.8 Å². The molecule has 0 aromatic rings. The number of hydrogen-bond donors (Lipinski definition) is 1. The van der Waals surface area contributed by atoms with E-state index < -0.39 is 0 Å². The van der Waals surface area contributed by atoms with Crippen molar-refractivity contribution in [1.82, 2.24) is 10.2 Å². The molecule has 3 nitrogen and oxygen atoms in total. The van der Waals surface area contributed by atoms with Crippen LogP contribution in [-0.2, 0) is 4.79 Å². The fraction of sp³-hybridized carbons (Fsp3) is 0.769. The van der Waals surface area contributed by atoms with Crippen molar-refractivity contribution >= 4 is 5.91 Å². The number of rotatable bonds is 5.